The number of hydrogen-bond acceptors (Lipinski definition) is 4. The molecular formula is C18H13ClN2O2S. The van der Waals surface area contributed by atoms with Crippen molar-refractivity contribution >= 4 is 34.5 Å². The molecule has 1 aromatic carbocycles. The third-order valence-corrected chi connectivity index (χ3v) is 4.89. The van der Waals surface area contributed by atoms with Crippen molar-refractivity contribution in [2.75, 3.05) is 0 Å². The molecule has 0 unspecified atom stereocenters. The predicted molar refractivity (Wildman–Crippen MR) is 94.5 cm³/mol. The zero-order valence-electron chi connectivity index (χ0n) is 12.5. The summed E-state index contributed by atoms with van der Waals surface area (Å²) in [5, 5.41) is 4.10. The number of rotatable bonds is 3. The van der Waals surface area contributed by atoms with Gasteiger partial charge in [0.15, 0.2) is 0 Å². The van der Waals surface area contributed by atoms with Crippen LogP contribution < -0.4 is 5.43 Å². The fraction of sp³-hybridized carbons (Fsp3) is 0.0556. The molecule has 1 N–H and O–H groups in total. The summed E-state index contributed by atoms with van der Waals surface area (Å²) in [4.78, 5) is 14.0. The second-order valence-electron chi connectivity index (χ2n) is 5.32. The fourth-order valence-corrected chi connectivity index (χ4v) is 3.54. The highest BCUT2D eigenvalue weighted by atomic mass is 35.5. The molecule has 3 heterocycles. The van der Waals surface area contributed by atoms with Crippen molar-refractivity contribution in [2.24, 2.45) is 0 Å². The topological polar surface area (TPSA) is 45.5 Å². The molecular weight excluding hydrogens is 344 g/mol. The van der Waals surface area contributed by atoms with Gasteiger partial charge in [0, 0.05) is 10.6 Å². The first-order valence-corrected chi connectivity index (χ1v) is 8.63. The van der Waals surface area contributed by atoms with Gasteiger partial charge in [-0.05, 0) is 47.9 Å². The zero-order valence-corrected chi connectivity index (χ0v) is 14.1. The molecule has 1 atom stereocenters. The SMILES string of the molecule is O=C(c1cccc(Cl)c1)N1NC(c2cccs2)=C[C@@H]1c1ccco1. The Bertz CT molecular complexity index is 888. The highest BCUT2D eigenvalue weighted by molar-refractivity contribution is 7.11. The van der Waals surface area contributed by atoms with Crippen LogP contribution in [0.2, 0.25) is 5.02 Å². The molecule has 4 nitrogen and oxygen atoms in total. The molecule has 0 saturated heterocycles. The van der Waals surface area contributed by atoms with Crippen LogP contribution in [0.3, 0.4) is 0 Å². The van der Waals surface area contributed by atoms with Gasteiger partial charge in [0.2, 0.25) is 0 Å². The van der Waals surface area contributed by atoms with Crippen LogP contribution in [0.1, 0.15) is 27.0 Å². The highest BCUT2D eigenvalue weighted by Crippen LogP contribution is 2.34. The van der Waals surface area contributed by atoms with Crippen LogP contribution in [0, 0.1) is 0 Å². The Hall–Kier alpha value is -2.50. The van der Waals surface area contributed by atoms with Crippen LogP contribution in [0.25, 0.3) is 5.70 Å². The van der Waals surface area contributed by atoms with Crippen molar-refractivity contribution in [3.05, 3.63) is 87.5 Å². The van der Waals surface area contributed by atoms with Crippen molar-refractivity contribution in [3.8, 4) is 0 Å². The van der Waals surface area contributed by atoms with E-state index in [1.807, 2.05) is 35.7 Å². The lowest BCUT2D eigenvalue weighted by Gasteiger charge is -2.24. The summed E-state index contributed by atoms with van der Waals surface area (Å²) in [7, 11) is 0. The van der Waals surface area contributed by atoms with E-state index >= 15 is 0 Å². The number of halogens is 1. The summed E-state index contributed by atoms with van der Waals surface area (Å²) in [5.41, 5.74) is 4.61. The predicted octanol–water partition coefficient (Wildman–Crippen LogP) is 4.74. The number of benzene rings is 1. The minimum absolute atomic E-state index is 0.165. The van der Waals surface area contributed by atoms with E-state index < -0.39 is 0 Å². The molecule has 24 heavy (non-hydrogen) atoms. The summed E-state index contributed by atoms with van der Waals surface area (Å²) >= 11 is 7.63. The van der Waals surface area contributed by atoms with E-state index in [0.29, 0.717) is 16.3 Å². The van der Waals surface area contributed by atoms with E-state index in [1.165, 1.54) is 0 Å². The van der Waals surface area contributed by atoms with E-state index in [-0.39, 0.29) is 11.9 Å². The van der Waals surface area contributed by atoms with Crippen LogP contribution in [-0.2, 0) is 0 Å². The summed E-state index contributed by atoms with van der Waals surface area (Å²) in [5.74, 6) is 0.533. The Kier molecular flexibility index (Phi) is 3.88. The van der Waals surface area contributed by atoms with Gasteiger partial charge >= 0.3 is 0 Å². The van der Waals surface area contributed by atoms with Gasteiger partial charge < -0.3 is 4.42 Å². The lowest BCUT2D eigenvalue weighted by atomic mass is 10.1. The lowest BCUT2D eigenvalue weighted by Crippen LogP contribution is -2.39. The first-order chi connectivity index (χ1) is 11.7. The monoisotopic (exact) mass is 356 g/mol. The smallest absolute Gasteiger partial charge is 0.273 e. The number of thiophene rings is 1. The van der Waals surface area contributed by atoms with E-state index in [4.69, 9.17) is 16.0 Å². The van der Waals surface area contributed by atoms with E-state index in [1.54, 1.807) is 46.9 Å². The molecule has 1 aliphatic rings. The molecule has 120 valence electrons. The molecule has 2 aromatic heterocycles. The third-order valence-electron chi connectivity index (χ3n) is 3.76. The number of nitrogens with one attached hydrogen (secondary N) is 1. The first kappa shape index (κ1) is 15.1. The van der Waals surface area contributed by atoms with Crippen LogP contribution >= 0.6 is 22.9 Å². The van der Waals surface area contributed by atoms with Gasteiger partial charge in [-0.15, -0.1) is 11.3 Å². The molecule has 0 saturated carbocycles. The van der Waals surface area contributed by atoms with E-state index in [0.717, 1.165) is 10.6 Å². The van der Waals surface area contributed by atoms with Crippen LogP contribution in [0.15, 0.2) is 70.7 Å². The standard InChI is InChI=1S/C18H13ClN2O2S/c19-13-5-1-4-12(10-13)18(22)21-15(16-6-2-8-23-16)11-14(20-21)17-7-3-9-24-17/h1-11,15,20H/t15-/m1/s1. The Morgan fingerprint density at radius 2 is 2.12 bits per heavy atom. The molecule has 6 heteroatoms. The van der Waals surface area contributed by atoms with Gasteiger partial charge in [0.25, 0.3) is 5.91 Å². The summed E-state index contributed by atoms with van der Waals surface area (Å²) in [6, 6.07) is 14.3. The second-order valence-corrected chi connectivity index (χ2v) is 6.70. The second kappa shape index (κ2) is 6.19. The van der Waals surface area contributed by atoms with Crippen molar-refractivity contribution < 1.29 is 9.21 Å². The van der Waals surface area contributed by atoms with Gasteiger partial charge in [-0.2, -0.15) is 0 Å². The molecule has 0 radical (unpaired) electrons. The van der Waals surface area contributed by atoms with Gasteiger partial charge in [-0.3, -0.25) is 10.2 Å². The number of carbonyl (C=O) groups excluding carboxylic acids is 1. The van der Waals surface area contributed by atoms with Gasteiger partial charge in [0.1, 0.15) is 11.8 Å². The van der Waals surface area contributed by atoms with Crippen molar-refractivity contribution in [1.29, 1.82) is 0 Å². The largest absolute Gasteiger partial charge is 0.467 e. The van der Waals surface area contributed by atoms with E-state index in [2.05, 4.69) is 5.43 Å². The molecule has 0 spiro atoms. The maximum atomic E-state index is 13.0. The minimum atomic E-state index is -0.316. The van der Waals surface area contributed by atoms with Crippen molar-refractivity contribution in [1.82, 2.24) is 10.4 Å². The maximum Gasteiger partial charge on any atom is 0.273 e. The van der Waals surface area contributed by atoms with Gasteiger partial charge in [-0.1, -0.05) is 23.7 Å². The van der Waals surface area contributed by atoms with Crippen LogP contribution in [-0.4, -0.2) is 10.9 Å². The summed E-state index contributed by atoms with van der Waals surface area (Å²) < 4.78 is 5.52. The number of carbonyl (C=O) groups is 1. The molecule has 0 bridgehead atoms. The van der Waals surface area contributed by atoms with E-state index in [9.17, 15) is 4.79 Å². The lowest BCUT2D eigenvalue weighted by molar-refractivity contribution is 0.0655. The average molecular weight is 357 g/mol. The van der Waals surface area contributed by atoms with Gasteiger partial charge in [0.05, 0.1) is 16.8 Å². The van der Waals surface area contributed by atoms with Crippen LogP contribution in [0.5, 0.6) is 0 Å². The normalized spacial score (nSPS) is 16.8. The molecule has 1 aliphatic heterocycles. The molecule has 3 aromatic rings. The Balaban J connectivity index is 1.70. The molecule has 0 fully saturated rings. The number of hydrazine groups is 1. The van der Waals surface area contributed by atoms with Crippen molar-refractivity contribution in [2.45, 2.75) is 6.04 Å². The van der Waals surface area contributed by atoms with Gasteiger partial charge in [-0.25, -0.2) is 5.01 Å². The third kappa shape index (κ3) is 2.72. The number of amides is 1. The average Bonchev–Trinajstić information content (AvgIpc) is 3.32. The van der Waals surface area contributed by atoms with Crippen LogP contribution in [0.4, 0.5) is 0 Å². The maximum absolute atomic E-state index is 13.0. The quantitative estimate of drug-likeness (QED) is 0.737. The zero-order chi connectivity index (χ0) is 16.5. The Morgan fingerprint density at radius 1 is 1.21 bits per heavy atom. The fourth-order valence-electron chi connectivity index (χ4n) is 2.64. The summed E-state index contributed by atoms with van der Waals surface area (Å²) in [6.07, 6.45) is 3.60. The first-order valence-electron chi connectivity index (χ1n) is 7.37. The molecule has 4 rings (SSSR count). The molecule has 0 aliphatic carbocycles. The minimum Gasteiger partial charge on any atom is -0.467 e. The molecule has 1 amide bonds. The summed E-state index contributed by atoms with van der Waals surface area (Å²) in [6.45, 7) is 0. The Labute approximate surface area is 147 Å². The van der Waals surface area contributed by atoms with Crippen molar-refractivity contribution in [3.63, 3.8) is 0 Å². The number of nitrogens with zero attached hydrogens (tertiary/aromatic N) is 1. The number of furan rings is 1. The Morgan fingerprint density at radius 3 is 2.83 bits per heavy atom. The number of hydrogen-bond donors (Lipinski definition) is 1. The highest BCUT2D eigenvalue weighted by Gasteiger charge is 2.33.